The van der Waals surface area contributed by atoms with Crippen molar-refractivity contribution in [1.82, 2.24) is 0 Å². The Morgan fingerprint density at radius 3 is 2.46 bits per heavy atom. The quantitative estimate of drug-likeness (QED) is 0.820. The molecular weight excluding hydrogens is 199 g/mol. The monoisotopic (exact) mass is 204 g/mol. The Labute approximate surface area is 78.7 Å². The van der Waals surface area contributed by atoms with Gasteiger partial charge < -0.3 is 9.84 Å². The maximum atomic E-state index is 12.5. The first-order valence-corrected chi connectivity index (χ1v) is 3.76. The topological polar surface area (TPSA) is 46.5 Å². The summed E-state index contributed by atoms with van der Waals surface area (Å²) in [6, 6.07) is 5.73. The summed E-state index contributed by atoms with van der Waals surface area (Å²) in [7, 11) is 0. The molecule has 1 aromatic carbocycles. The normalized spacial score (nSPS) is 12.2. The summed E-state index contributed by atoms with van der Waals surface area (Å²) in [5.41, 5.74) is 0. The molecular formula is C8H6ClFO3. The van der Waals surface area contributed by atoms with Crippen LogP contribution in [-0.2, 0) is 4.79 Å². The lowest BCUT2D eigenvalue weighted by atomic mass is 10.3. The maximum absolute atomic E-state index is 12.5. The molecule has 0 spiro atoms. The van der Waals surface area contributed by atoms with E-state index in [9.17, 15) is 9.18 Å². The number of aliphatic carboxylic acids is 1. The Balaban J connectivity index is 2.64. The van der Waals surface area contributed by atoms with Crippen molar-refractivity contribution in [3.63, 3.8) is 0 Å². The number of ether oxygens (including phenoxy) is 1. The van der Waals surface area contributed by atoms with E-state index in [2.05, 4.69) is 4.74 Å². The summed E-state index contributed by atoms with van der Waals surface area (Å²) < 4.78 is 16.9. The minimum atomic E-state index is -2.35. The van der Waals surface area contributed by atoms with Crippen LogP contribution in [0, 0.1) is 0 Å². The SMILES string of the molecule is O=C(O)C(F)Oc1ccc(Cl)cc1. The number of benzene rings is 1. The van der Waals surface area contributed by atoms with Gasteiger partial charge in [0.1, 0.15) is 5.75 Å². The van der Waals surface area contributed by atoms with Gasteiger partial charge in [0.05, 0.1) is 0 Å². The fourth-order valence-corrected chi connectivity index (χ4v) is 0.809. The van der Waals surface area contributed by atoms with E-state index < -0.39 is 12.3 Å². The molecule has 1 N–H and O–H groups in total. The third-order valence-electron chi connectivity index (χ3n) is 1.25. The number of rotatable bonds is 3. The lowest BCUT2D eigenvalue weighted by Crippen LogP contribution is -2.21. The zero-order valence-electron chi connectivity index (χ0n) is 6.41. The predicted octanol–water partition coefficient (Wildman–Crippen LogP) is 2.10. The number of hydrogen-bond donors (Lipinski definition) is 1. The zero-order chi connectivity index (χ0) is 9.84. The zero-order valence-corrected chi connectivity index (χ0v) is 7.16. The molecule has 0 bridgehead atoms. The summed E-state index contributed by atoms with van der Waals surface area (Å²) in [5.74, 6) is -1.53. The fourth-order valence-electron chi connectivity index (χ4n) is 0.683. The summed E-state index contributed by atoms with van der Waals surface area (Å²) in [5, 5.41) is 8.64. The minimum Gasteiger partial charge on any atom is -0.476 e. The van der Waals surface area contributed by atoms with Crippen molar-refractivity contribution in [2.75, 3.05) is 0 Å². The van der Waals surface area contributed by atoms with Gasteiger partial charge in [-0.3, -0.25) is 0 Å². The van der Waals surface area contributed by atoms with Gasteiger partial charge in [-0.25, -0.2) is 4.79 Å². The highest BCUT2D eigenvalue weighted by atomic mass is 35.5. The van der Waals surface area contributed by atoms with Gasteiger partial charge >= 0.3 is 12.3 Å². The Kier molecular flexibility index (Phi) is 3.08. The second kappa shape index (κ2) is 4.09. The van der Waals surface area contributed by atoms with Gasteiger partial charge in [0.15, 0.2) is 0 Å². The molecule has 0 aliphatic carbocycles. The van der Waals surface area contributed by atoms with Gasteiger partial charge in [-0.1, -0.05) is 11.6 Å². The average Bonchev–Trinajstić information content (AvgIpc) is 2.08. The Morgan fingerprint density at radius 1 is 1.46 bits per heavy atom. The van der Waals surface area contributed by atoms with Gasteiger partial charge in [0, 0.05) is 5.02 Å². The van der Waals surface area contributed by atoms with E-state index in [0.29, 0.717) is 5.02 Å². The van der Waals surface area contributed by atoms with Crippen LogP contribution in [0.3, 0.4) is 0 Å². The molecule has 1 unspecified atom stereocenters. The minimum absolute atomic E-state index is 0.124. The highest BCUT2D eigenvalue weighted by molar-refractivity contribution is 6.30. The molecule has 0 amide bonds. The molecule has 0 heterocycles. The van der Waals surface area contributed by atoms with E-state index in [4.69, 9.17) is 16.7 Å². The molecule has 0 aromatic heterocycles. The van der Waals surface area contributed by atoms with Crippen molar-refractivity contribution < 1.29 is 19.0 Å². The number of carboxylic acid groups (broad SMARTS) is 1. The summed E-state index contributed by atoms with van der Waals surface area (Å²) in [6.07, 6.45) is -2.35. The van der Waals surface area contributed by atoms with Crippen LogP contribution in [0.15, 0.2) is 24.3 Å². The molecule has 70 valence electrons. The number of hydrogen-bond acceptors (Lipinski definition) is 2. The van der Waals surface area contributed by atoms with Crippen molar-refractivity contribution in [3.8, 4) is 5.75 Å². The lowest BCUT2D eigenvalue weighted by Gasteiger charge is -2.06. The Hall–Kier alpha value is -1.29. The standard InChI is InChI=1S/C8H6ClFO3/c9-5-1-3-6(4-2-5)13-7(10)8(11)12/h1-4,7H,(H,11,12). The van der Waals surface area contributed by atoms with Gasteiger partial charge in [0.2, 0.25) is 0 Å². The van der Waals surface area contributed by atoms with Crippen LogP contribution in [0.4, 0.5) is 4.39 Å². The Morgan fingerprint density at radius 2 is 2.00 bits per heavy atom. The van der Waals surface area contributed by atoms with E-state index in [-0.39, 0.29) is 5.75 Å². The van der Waals surface area contributed by atoms with Gasteiger partial charge in [-0.05, 0) is 24.3 Å². The van der Waals surface area contributed by atoms with Crippen LogP contribution in [0.2, 0.25) is 5.02 Å². The fraction of sp³-hybridized carbons (Fsp3) is 0.125. The molecule has 0 radical (unpaired) electrons. The molecule has 13 heavy (non-hydrogen) atoms. The highest BCUT2D eigenvalue weighted by Gasteiger charge is 2.16. The molecule has 0 fully saturated rings. The van der Waals surface area contributed by atoms with Crippen molar-refractivity contribution in [2.45, 2.75) is 6.36 Å². The molecule has 0 aliphatic heterocycles. The van der Waals surface area contributed by atoms with Gasteiger partial charge in [0.25, 0.3) is 0 Å². The molecule has 0 saturated heterocycles. The summed E-state index contributed by atoms with van der Waals surface area (Å²) >= 11 is 5.55. The largest absolute Gasteiger partial charge is 0.476 e. The van der Waals surface area contributed by atoms with Crippen molar-refractivity contribution in [3.05, 3.63) is 29.3 Å². The molecule has 0 saturated carbocycles. The lowest BCUT2D eigenvalue weighted by molar-refractivity contribution is -0.153. The third kappa shape index (κ3) is 2.91. The predicted molar refractivity (Wildman–Crippen MR) is 44.6 cm³/mol. The van der Waals surface area contributed by atoms with Crippen molar-refractivity contribution in [1.29, 1.82) is 0 Å². The van der Waals surface area contributed by atoms with Crippen LogP contribution in [0.5, 0.6) is 5.75 Å². The molecule has 1 aromatic rings. The van der Waals surface area contributed by atoms with E-state index in [0.717, 1.165) is 0 Å². The van der Waals surface area contributed by atoms with E-state index in [1.807, 2.05) is 0 Å². The summed E-state index contributed by atoms with van der Waals surface area (Å²) in [6.45, 7) is 0. The molecule has 1 rings (SSSR count). The average molecular weight is 205 g/mol. The maximum Gasteiger partial charge on any atom is 0.378 e. The van der Waals surface area contributed by atoms with Crippen LogP contribution in [0.1, 0.15) is 0 Å². The summed E-state index contributed by atoms with van der Waals surface area (Å²) in [4.78, 5) is 10.0. The number of carboxylic acids is 1. The second-order valence-corrected chi connectivity index (χ2v) is 2.66. The van der Waals surface area contributed by atoms with Crippen molar-refractivity contribution in [2.24, 2.45) is 0 Å². The van der Waals surface area contributed by atoms with Crippen LogP contribution < -0.4 is 4.74 Å². The number of halogens is 2. The van der Waals surface area contributed by atoms with Gasteiger partial charge in [-0.15, -0.1) is 0 Å². The number of carbonyl (C=O) groups is 1. The van der Waals surface area contributed by atoms with E-state index in [1.165, 1.54) is 24.3 Å². The van der Waals surface area contributed by atoms with Crippen LogP contribution in [0.25, 0.3) is 0 Å². The van der Waals surface area contributed by atoms with E-state index >= 15 is 0 Å². The molecule has 3 nitrogen and oxygen atoms in total. The first-order chi connectivity index (χ1) is 6.09. The molecule has 5 heteroatoms. The van der Waals surface area contributed by atoms with Crippen LogP contribution >= 0.6 is 11.6 Å². The first kappa shape index (κ1) is 9.80. The van der Waals surface area contributed by atoms with Gasteiger partial charge in [-0.2, -0.15) is 4.39 Å². The van der Waals surface area contributed by atoms with Crippen molar-refractivity contribution >= 4 is 17.6 Å². The molecule has 0 aliphatic rings. The third-order valence-corrected chi connectivity index (χ3v) is 1.50. The van der Waals surface area contributed by atoms with Crippen LogP contribution in [-0.4, -0.2) is 17.4 Å². The highest BCUT2D eigenvalue weighted by Crippen LogP contribution is 2.16. The smallest absolute Gasteiger partial charge is 0.378 e. The Bertz CT molecular complexity index is 299. The first-order valence-electron chi connectivity index (χ1n) is 3.38. The van der Waals surface area contributed by atoms with E-state index in [1.54, 1.807) is 0 Å². The molecule has 1 atom stereocenters. The number of alkyl halides is 1. The second-order valence-electron chi connectivity index (χ2n) is 2.23.